The van der Waals surface area contributed by atoms with Gasteiger partial charge in [-0.1, -0.05) is 27.7 Å². The Kier molecular flexibility index (Phi) is 4.99. The molecule has 0 fully saturated rings. The lowest BCUT2D eigenvalue weighted by atomic mass is 9.95. The standard InChI is InChI=1S/C10H21NO2/c1-6-8(7-13-5)11-9(12)10(2,3)4/h8H,6-7H2,1-5H3,(H,11,12). The van der Waals surface area contributed by atoms with Gasteiger partial charge < -0.3 is 10.1 Å². The van der Waals surface area contributed by atoms with Crippen LogP contribution in [-0.2, 0) is 9.53 Å². The highest BCUT2D eigenvalue weighted by Gasteiger charge is 2.23. The maximum absolute atomic E-state index is 11.5. The summed E-state index contributed by atoms with van der Waals surface area (Å²) in [6.07, 6.45) is 0.898. The lowest BCUT2D eigenvalue weighted by molar-refractivity contribution is -0.129. The minimum Gasteiger partial charge on any atom is -0.383 e. The van der Waals surface area contributed by atoms with Crippen molar-refractivity contribution < 1.29 is 9.53 Å². The van der Waals surface area contributed by atoms with E-state index >= 15 is 0 Å². The van der Waals surface area contributed by atoms with E-state index in [0.29, 0.717) is 6.61 Å². The molecule has 0 heterocycles. The summed E-state index contributed by atoms with van der Waals surface area (Å²) < 4.78 is 4.99. The maximum Gasteiger partial charge on any atom is 0.225 e. The van der Waals surface area contributed by atoms with E-state index in [1.807, 2.05) is 27.7 Å². The Morgan fingerprint density at radius 1 is 1.46 bits per heavy atom. The normalized spacial score (nSPS) is 13.9. The molecule has 78 valence electrons. The van der Waals surface area contributed by atoms with E-state index in [1.54, 1.807) is 7.11 Å². The van der Waals surface area contributed by atoms with Gasteiger partial charge >= 0.3 is 0 Å². The number of rotatable bonds is 4. The number of hydrogen-bond donors (Lipinski definition) is 1. The van der Waals surface area contributed by atoms with Gasteiger partial charge in [0.1, 0.15) is 0 Å². The summed E-state index contributed by atoms with van der Waals surface area (Å²) in [5, 5.41) is 2.94. The van der Waals surface area contributed by atoms with Gasteiger partial charge in [0.25, 0.3) is 0 Å². The number of ether oxygens (including phenoxy) is 1. The van der Waals surface area contributed by atoms with Gasteiger partial charge in [0.2, 0.25) is 5.91 Å². The van der Waals surface area contributed by atoms with Gasteiger partial charge in [-0.2, -0.15) is 0 Å². The summed E-state index contributed by atoms with van der Waals surface area (Å²) in [6, 6.07) is 0.136. The molecule has 0 spiro atoms. The first-order chi connectivity index (χ1) is 5.91. The number of hydrogen-bond acceptors (Lipinski definition) is 2. The first-order valence-electron chi connectivity index (χ1n) is 4.71. The van der Waals surface area contributed by atoms with Crippen molar-refractivity contribution in [2.24, 2.45) is 5.41 Å². The predicted molar refractivity (Wildman–Crippen MR) is 53.6 cm³/mol. The second kappa shape index (κ2) is 5.22. The van der Waals surface area contributed by atoms with Crippen LogP contribution in [0.3, 0.4) is 0 Å². The van der Waals surface area contributed by atoms with E-state index in [2.05, 4.69) is 5.32 Å². The van der Waals surface area contributed by atoms with Crippen LogP contribution >= 0.6 is 0 Å². The highest BCUT2D eigenvalue weighted by atomic mass is 16.5. The number of carbonyl (C=O) groups is 1. The SMILES string of the molecule is CCC(COC)NC(=O)C(C)(C)C. The van der Waals surface area contributed by atoms with Crippen molar-refractivity contribution in [3.8, 4) is 0 Å². The maximum atomic E-state index is 11.5. The first-order valence-corrected chi connectivity index (χ1v) is 4.71. The molecule has 0 aliphatic heterocycles. The second-order valence-electron chi connectivity index (χ2n) is 4.28. The van der Waals surface area contributed by atoms with Gasteiger partial charge in [-0.25, -0.2) is 0 Å². The van der Waals surface area contributed by atoms with Crippen LogP contribution in [0.2, 0.25) is 0 Å². The Morgan fingerprint density at radius 3 is 2.31 bits per heavy atom. The monoisotopic (exact) mass is 187 g/mol. The van der Waals surface area contributed by atoms with E-state index in [1.165, 1.54) is 0 Å². The van der Waals surface area contributed by atoms with Crippen molar-refractivity contribution >= 4 is 5.91 Å². The summed E-state index contributed by atoms with van der Waals surface area (Å²) in [7, 11) is 1.64. The van der Waals surface area contributed by atoms with E-state index in [4.69, 9.17) is 4.74 Å². The van der Waals surface area contributed by atoms with Crippen molar-refractivity contribution in [1.29, 1.82) is 0 Å². The van der Waals surface area contributed by atoms with Crippen molar-refractivity contribution in [3.05, 3.63) is 0 Å². The number of nitrogens with one attached hydrogen (secondary N) is 1. The minimum absolute atomic E-state index is 0.0800. The van der Waals surface area contributed by atoms with E-state index in [0.717, 1.165) is 6.42 Å². The third kappa shape index (κ3) is 4.88. The van der Waals surface area contributed by atoms with Crippen LogP contribution in [0, 0.1) is 5.41 Å². The van der Waals surface area contributed by atoms with Crippen LogP contribution in [0.4, 0.5) is 0 Å². The minimum atomic E-state index is -0.318. The molecule has 1 atom stereocenters. The Hall–Kier alpha value is -0.570. The number of methoxy groups -OCH3 is 1. The van der Waals surface area contributed by atoms with Gasteiger partial charge in [0, 0.05) is 12.5 Å². The van der Waals surface area contributed by atoms with E-state index in [9.17, 15) is 4.79 Å². The molecule has 0 aromatic heterocycles. The molecule has 1 unspecified atom stereocenters. The Labute approximate surface area is 80.8 Å². The summed E-state index contributed by atoms with van der Waals surface area (Å²) in [4.78, 5) is 11.5. The zero-order chi connectivity index (χ0) is 10.5. The molecular formula is C10H21NO2. The zero-order valence-corrected chi connectivity index (χ0v) is 9.31. The molecule has 0 saturated heterocycles. The van der Waals surface area contributed by atoms with Crippen LogP contribution in [0.25, 0.3) is 0 Å². The van der Waals surface area contributed by atoms with Gasteiger partial charge in [-0.15, -0.1) is 0 Å². The fraction of sp³-hybridized carbons (Fsp3) is 0.900. The molecule has 3 nitrogen and oxygen atoms in total. The molecule has 0 aliphatic rings. The Balaban J connectivity index is 4.01. The fourth-order valence-corrected chi connectivity index (χ4v) is 0.865. The molecular weight excluding hydrogens is 166 g/mol. The van der Waals surface area contributed by atoms with Crippen LogP contribution in [0.15, 0.2) is 0 Å². The predicted octanol–water partition coefficient (Wildman–Crippen LogP) is 1.57. The molecule has 0 bridgehead atoms. The average Bonchev–Trinajstić information content (AvgIpc) is 2.01. The third-order valence-corrected chi connectivity index (χ3v) is 1.88. The molecule has 0 saturated carbocycles. The van der Waals surface area contributed by atoms with Crippen LogP contribution in [0.1, 0.15) is 34.1 Å². The molecule has 0 aliphatic carbocycles. The van der Waals surface area contributed by atoms with E-state index in [-0.39, 0.29) is 17.4 Å². The molecule has 0 radical (unpaired) electrons. The van der Waals surface area contributed by atoms with Gasteiger partial charge in [0.05, 0.1) is 12.6 Å². The smallest absolute Gasteiger partial charge is 0.225 e. The zero-order valence-electron chi connectivity index (χ0n) is 9.31. The highest BCUT2D eigenvalue weighted by molar-refractivity contribution is 5.81. The fourth-order valence-electron chi connectivity index (χ4n) is 0.865. The number of amides is 1. The second-order valence-corrected chi connectivity index (χ2v) is 4.28. The van der Waals surface area contributed by atoms with Crippen molar-refractivity contribution in [2.45, 2.75) is 40.2 Å². The molecule has 1 amide bonds. The largest absolute Gasteiger partial charge is 0.383 e. The van der Waals surface area contributed by atoms with Crippen molar-refractivity contribution in [2.75, 3.05) is 13.7 Å². The molecule has 0 rings (SSSR count). The van der Waals surface area contributed by atoms with Crippen molar-refractivity contribution in [3.63, 3.8) is 0 Å². The van der Waals surface area contributed by atoms with Gasteiger partial charge in [-0.05, 0) is 6.42 Å². The summed E-state index contributed by atoms with van der Waals surface area (Å²) in [5.74, 6) is 0.0800. The van der Waals surface area contributed by atoms with Gasteiger partial charge in [-0.3, -0.25) is 4.79 Å². The van der Waals surface area contributed by atoms with Gasteiger partial charge in [0.15, 0.2) is 0 Å². The Morgan fingerprint density at radius 2 is 2.00 bits per heavy atom. The summed E-state index contributed by atoms with van der Waals surface area (Å²) in [6.45, 7) is 8.33. The van der Waals surface area contributed by atoms with Crippen LogP contribution < -0.4 is 5.32 Å². The highest BCUT2D eigenvalue weighted by Crippen LogP contribution is 2.13. The topological polar surface area (TPSA) is 38.3 Å². The Bertz CT molecular complexity index is 161. The summed E-state index contributed by atoms with van der Waals surface area (Å²) in [5.41, 5.74) is -0.318. The summed E-state index contributed by atoms with van der Waals surface area (Å²) >= 11 is 0. The molecule has 3 heteroatoms. The average molecular weight is 187 g/mol. The molecule has 0 aromatic carbocycles. The van der Waals surface area contributed by atoms with E-state index < -0.39 is 0 Å². The molecule has 1 N–H and O–H groups in total. The third-order valence-electron chi connectivity index (χ3n) is 1.88. The van der Waals surface area contributed by atoms with Crippen LogP contribution in [0.5, 0.6) is 0 Å². The van der Waals surface area contributed by atoms with Crippen molar-refractivity contribution in [1.82, 2.24) is 5.32 Å². The first kappa shape index (κ1) is 12.4. The lowest BCUT2D eigenvalue weighted by Gasteiger charge is -2.22. The lowest BCUT2D eigenvalue weighted by Crippen LogP contribution is -2.43. The quantitative estimate of drug-likeness (QED) is 0.725. The molecule has 0 aromatic rings. The number of carbonyl (C=O) groups excluding carboxylic acids is 1. The molecule has 13 heavy (non-hydrogen) atoms. The van der Waals surface area contributed by atoms with Crippen LogP contribution in [-0.4, -0.2) is 25.7 Å².